The van der Waals surface area contributed by atoms with E-state index in [0.29, 0.717) is 0 Å². The Labute approximate surface area is 182 Å². The summed E-state index contributed by atoms with van der Waals surface area (Å²) in [5, 5.41) is 4.95. The molecule has 29 heavy (non-hydrogen) atoms. The molecular weight excluding hydrogens is 438 g/mol. The summed E-state index contributed by atoms with van der Waals surface area (Å²) in [5.74, 6) is 0. The Bertz CT molecular complexity index is 1310. The van der Waals surface area contributed by atoms with Crippen molar-refractivity contribution in [1.82, 2.24) is 0 Å². The van der Waals surface area contributed by atoms with Crippen LogP contribution >= 0.6 is 27.7 Å². The number of benzene rings is 5. The molecule has 0 aromatic heterocycles. The van der Waals surface area contributed by atoms with Crippen molar-refractivity contribution in [2.24, 2.45) is 0 Å². The highest BCUT2D eigenvalue weighted by Gasteiger charge is 2.27. The Balaban J connectivity index is 1.81. The van der Waals surface area contributed by atoms with Gasteiger partial charge in [-0.25, -0.2) is 0 Å². The van der Waals surface area contributed by atoms with Crippen LogP contribution in [0.3, 0.4) is 0 Å². The largest absolute Gasteiger partial charge is 0.307 e. The number of nitrogens with zero attached hydrogens (tertiary/aromatic N) is 1. The second-order valence-electron chi connectivity index (χ2n) is 7.13. The molecule has 138 valence electrons. The first kappa shape index (κ1) is 17.1. The van der Waals surface area contributed by atoms with Gasteiger partial charge >= 0.3 is 0 Å². The molecule has 0 fully saturated rings. The minimum atomic E-state index is 1.15. The van der Waals surface area contributed by atoms with Crippen LogP contribution in [0.15, 0.2) is 111 Å². The van der Waals surface area contributed by atoms with Crippen LogP contribution in [0, 0.1) is 0 Å². The molecule has 0 aliphatic carbocycles. The second kappa shape index (κ2) is 6.65. The lowest BCUT2D eigenvalue weighted by atomic mass is 9.99. The second-order valence-corrected chi connectivity index (χ2v) is 9.00. The van der Waals surface area contributed by atoms with Crippen LogP contribution in [-0.4, -0.2) is 0 Å². The fraction of sp³-hybridized carbons (Fsp3) is 0. The Hall–Kier alpha value is -2.75. The fourth-order valence-corrected chi connectivity index (χ4v) is 5.99. The van der Waals surface area contributed by atoms with Gasteiger partial charge in [-0.2, -0.15) is 0 Å². The van der Waals surface area contributed by atoms with E-state index in [-0.39, 0.29) is 0 Å². The Morgan fingerprint density at radius 3 is 1.45 bits per heavy atom. The van der Waals surface area contributed by atoms with Gasteiger partial charge in [0.05, 0.1) is 17.1 Å². The molecule has 0 saturated carbocycles. The predicted molar refractivity (Wildman–Crippen MR) is 128 cm³/mol. The van der Waals surface area contributed by atoms with Gasteiger partial charge in [-0.05, 0) is 51.0 Å². The predicted octanol–water partition coefficient (Wildman–Crippen LogP) is 8.69. The van der Waals surface area contributed by atoms with Crippen LogP contribution in [-0.2, 0) is 0 Å². The standard InChI is InChI=1S/C26H16BrNS/c27-25-17-9-1-3-11-19(17)26(20-12-4-2-10-18(20)25)28-21-13-5-7-15-23(21)29-24-16-8-6-14-22(24)28/h1-16H. The zero-order valence-electron chi connectivity index (χ0n) is 15.5. The minimum absolute atomic E-state index is 1.15. The van der Waals surface area contributed by atoms with Gasteiger partial charge in [0.15, 0.2) is 0 Å². The highest BCUT2D eigenvalue weighted by Crippen LogP contribution is 2.54. The van der Waals surface area contributed by atoms with Gasteiger partial charge in [0.25, 0.3) is 0 Å². The molecule has 3 heteroatoms. The summed E-state index contributed by atoms with van der Waals surface area (Å²) in [6, 6.07) is 34.7. The molecular formula is C26H16BrNS. The SMILES string of the molecule is Brc1c2ccccc2c(N2c3ccccc3Sc3ccccc32)c2ccccc12. The molecule has 6 rings (SSSR count). The average Bonchev–Trinajstić information content (AvgIpc) is 2.79. The molecule has 1 heterocycles. The van der Waals surface area contributed by atoms with E-state index in [4.69, 9.17) is 0 Å². The number of anilines is 3. The third-order valence-electron chi connectivity index (χ3n) is 5.49. The summed E-state index contributed by atoms with van der Waals surface area (Å²) in [4.78, 5) is 5.00. The number of fused-ring (bicyclic) bond motifs is 4. The lowest BCUT2D eigenvalue weighted by Gasteiger charge is -2.34. The van der Waals surface area contributed by atoms with Crippen molar-refractivity contribution in [3.63, 3.8) is 0 Å². The van der Waals surface area contributed by atoms with Gasteiger partial charge in [-0.15, -0.1) is 0 Å². The smallest absolute Gasteiger partial charge is 0.0620 e. The molecule has 0 saturated heterocycles. The summed E-state index contributed by atoms with van der Waals surface area (Å²) in [5.41, 5.74) is 3.70. The van der Waals surface area contributed by atoms with Gasteiger partial charge in [0, 0.05) is 25.0 Å². The monoisotopic (exact) mass is 453 g/mol. The molecule has 1 aliphatic heterocycles. The van der Waals surface area contributed by atoms with E-state index in [1.54, 1.807) is 0 Å². The minimum Gasteiger partial charge on any atom is -0.307 e. The Kier molecular flexibility index (Phi) is 3.93. The summed E-state index contributed by atoms with van der Waals surface area (Å²) in [6.07, 6.45) is 0. The van der Waals surface area contributed by atoms with Crippen molar-refractivity contribution in [3.05, 3.63) is 102 Å². The van der Waals surface area contributed by atoms with Gasteiger partial charge < -0.3 is 4.90 Å². The van der Waals surface area contributed by atoms with E-state index < -0.39 is 0 Å². The number of hydrogen-bond acceptors (Lipinski definition) is 2. The molecule has 1 nitrogen and oxygen atoms in total. The van der Waals surface area contributed by atoms with Gasteiger partial charge in [0.2, 0.25) is 0 Å². The molecule has 0 atom stereocenters. The van der Waals surface area contributed by atoms with Crippen molar-refractivity contribution in [3.8, 4) is 0 Å². The molecule has 5 aromatic carbocycles. The first-order valence-electron chi connectivity index (χ1n) is 9.58. The van der Waals surface area contributed by atoms with E-state index in [1.165, 1.54) is 48.4 Å². The third kappa shape index (κ3) is 2.54. The highest BCUT2D eigenvalue weighted by molar-refractivity contribution is 9.10. The van der Waals surface area contributed by atoms with E-state index in [0.717, 1.165) is 4.47 Å². The lowest BCUT2D eigenvalue weighted by molar-refractivity contribution is 1.18. The molecule has 1 aliphatic rings. The van der Waals surface area contributed by atoms with Crippen LogP contribution in [0.4, 0.5) is 17.1 Å². The zero-order chi connectivity index (χ0) is 19.4. The quantitative estimate of drug-likeness (QED) is 0.229. The van der Waals surface area contributed by atoms with Crippen LogP contribution in [0.1, 0.15) is 0 Å². The molecule has 0 amide bonds. The van der Waals surface area contributed by atoms with Crippen molar-refractivity contribution < 1.29 is 0 Å². The van der Waals surface area contributed by atoms with Crippen molar-refractivity contribution in [2.45, 2.75) is 9.79 Å². The van der Waals surface area contributed by atoms with Crippen LogP contribution in [0.5, 0.6) is 0 Å². The van der Waals surface area contributed by atoms with E-state index in [1.807, 2.05) is 11.8 Å². The topological polar surface area (TPSA) is 3.24 Å². The maximum Gasteiger partial charge on any atom is 0.0620 e. The van der Waals surface area contributed by atoms with E-state index in [2.05, 4.69) is 118 Å². The van der Waals surface area contributed by atoms with Crippen molar-refractivity contribution in [1.29, 1.82) is 0 Å². The molecule has 5 aromatic rings. The van der Waals surface area contributed by atoms with Crippen molar-refractivity contribution >= 4 is 66.3 Å². The third-order valence-corrected chi connectivity index (χ3v) is 7.48. The number of halogens is 1. The number of para-hydroxylation sites is 2. The summed E-state index contributed by atoms with van der Waals surface area (Å²) in [7, 11) is 0. The first-order chi connectivity index (χ1) is 14.3. The van der Waals surface area contributed by atoms with Gasteiger partial charge in [0.1, 0.15) is 0 Å². The molecule has 0 spiro atoms. The molecule has 0 unspecified atom stereocenters. The van der Waals surface area contributed by atoms with Crippen LogP contribution in [0.25, 0.3) is 21.5 Å². The van der Waals surface area contributed by atoms with Gasteiger partial charge in [-0.3, -0.25) is 0 Å². The summed E-state index contributed by atoms with van der Waals surface area (Å²) < 4.78 is 1.15. The molecule has 0 N–H and O–H groups in total. The normalized spacial score (nSPS) is 12.8. The van der Waals surface area contributed by atoms with Crippen molar-refractivity contribution in [2.75, 3.05) is 4.90 Å². The zero-order valence-corrected chi connectivity index (χ0v) is 17.9. The summed E-state index contributed by atoms with van der Waals surface area (Å²) in [6.45, 7) is 0. The maximum atomic E-state index is 3.88. The van der Waals surface area contributed by atoms with E-state index >= 15 is 0 Å². The molecule has 0 radical (unpaired) electrons. The lowest BCUT2D eigenvalue weighted by Crippen LogP contribution is -2.15. The average molecular weight is 454 g/mol. The maximum absolute atomic E-state index is 3.88. The molecule has 0 bridgehead atoms. The first-order valence-corrected chi connectivity index (χ1v) is 11.2. The van der Waals surface area contributed by atoms with Gasteiger partial charge in [-0.1, -0.05) is 84.6 Å². The highest BCUT2D eigenvalue weighted by atomic mass is 79.9. The number of rotatable bonds is 1. The van der Waals surface area contributed by atoms with Crippen LogP contribution in [0.2, 0.25) is 0 Å². The summed E-state index contributed by atoms with van der Waals surface area (Å²) >= 11 is 5.73. The Morgan fingerprint density at radius 1 is 0.517 bits per heavy atom. The van der Waals surface area contributed by atoms with Crippen LogP contribution < -0.4 is 4.90 Å². The van der Waals surface area contributed by atoms with E-state index in [9.17, 15) is 0 Å². The Morgan fingerprint density at radius 2 is 0.931 bits per heavy atom. The fourth-order valence-electron chi connectivity index (χ4n) is 4.24. The number of hydrogen-bond donors (Lipinski definition) is 0.